The first-order chi connectivity index (χ1) is 18.8. The highest BCUT2D eigenvalue weighted by molar-refractivity contribution is 5.98. The van der Waals surface area contributed by atoms with Crippen LogP contribution in [-0.4, -0.2) is 53.8 Å². The lowest BCUT2D eigenvalue weighted by Crippen LogP contribution is -2.40. The summed E-state index contributed by atoms with van der Waals surface area (Å²) in [7, 11) is 0. The van der Waals surface area contributed by atoms with E-state index in [-0.39, 0.29) is 12.3 Å². The van der Waals surface area contributed by atoms with Crippen LogP contribution >= 0.6 is 0 Å². The molecule has 10 nitrogen and oxygen atoms in total. The van der Waals surface area contributed by atoms with Gasteiger partial charge in [0.15, 0.2) is 11.5 Å². The van der Waals surface area contributed by atoms with Crippen molar-refractivity contribution in [2.45, 2.75) is 58.7 Å². The van der Waals surface area contributed by atoms with Crippen LogP contribution in [0.5, 0.6) is 11.5 Å². The Balaban J connectivity index is 1.71. The van der Waals surface area contributed by atoms with E-state index in [9.17, 15) is 14.7 Å². The van der Waals surface area contributed by atoms with Crippen LogP contribution in [0.1, 0.15) is 43.9 Å². The van der Waals surface area contributed by atoms with Gasteiger partial charge in [-0.2, -0.15) is 0 Å². The number of anilines is 2. The summed E-state index contributed by atoms with van der Waals surface area (Å²) in [6.45, 7) is 7.58. The Morgan fingerprint density at radius 1 is 1.13 bits per heavy atom. The second kappa shape index (κ2) is 12.8. The van der Waals surface area contributed by atoms with Crippen LogP contribution in [0.15, 0.2) is 36.5 Å². The molecule has 0 radical (unpaired) electrons. The number of ether oxygens (including phenoxy) is 2. The van der Waals surface area contributed by atoms with Crippen molar-refractivity contribution in [2.24, 2.45) is 5.73 Å². The van der Waals surface area contributed by atoms with Crippen LogP contribution in [0.25, 0.3) is 10.9 Å². The van der Waals surface area contributed by atoms with E-state index in [1.807, 2.05) is 44.2 Å². The highest BCUT2D eigenvalue weighted by Gasteiger charge is 2.28. The molecule has 0 unspecified atom stereocenters. The van der Waals surface area contributed by atoms with Crippen molar-refractivity contribution < 1.29 is 24.2 Å². The molecule has 2 atom stereocenters. The summed E-state index contributed by atoms with van der Waals surface area (Å²) < 4.78 is 11.6. The molecule has 1 saturated heterocycles. The molecule has 0 saturated carbocycles. The van der Waals surface area contributed by atoms with E-state index >= 15 is 0 Å². The fourth-order valence-electron chi connectivity index (χ4n) is 4.94. The number of nitrogens with two attached hydrogens (primary N) is 1. The van der Waals surface area contributed by atoms with Crippen LogP contribution in [-0.2, 0) is 29.0 Å². The Morgan fingerprint density at radius 3 is 2.51 bits per heavy atom. The van der Waals surface area contributed by atoms with Crippen LogP contribution < -0.4 is 31.2 Å². The molecule has 2 aromatic carbocycles. The third-order valence-corrected chi connectivity index (χ3v) is 6.74. The standard InChI is InChI=1S/C29H37N5O5/c1-4-20-17(14-33-29(37)24-11-19(35)16-32-24)8-7-9-22(20)34-28-18(10-27(30)36)15-31-23-13-26(39-6-3)25(38-5-2)12-21(23)28/h7-9,12-13,15,19,24,32,35H,4-6,10-11,14,16H2,1-3H3,(H2,30,36)(H,31,34)(H,33,37)/t19-,24+/m1/s1. The molecule has 2 amide bonds. The fourth-order valence-corrected chi connectivity index (χ4v) is 4.94. The minimum Gasteiger partial charge on any atom is -0.490 e. The fraction of sp³-hybridized carbons (Fsp3) is 0.414. The number of carbonyl (C=O) groups is 2. The van der Waals surface area contributed by atoms with Gasteiger partial charge in [-0.25, -0.2) is 0 Å². The number of pyridine rings is 1. The second-order valence-electron chi connectivity index (χ2n) is 9.47. The van der Waals surface area contributed by atoms with Gasteiger partial charge in [0.2, 0.25) is 11.8 Å². The van der Waals surface area contributed by atoms with Crippen molar-refractivity contribution >= 4 is 34.1 Å². The Hall–Kier alpha value is -3.89. The number of fused-ring (bicyclic) bond motifs is 1. The van der Waals surface area contributed by atoms with Gasteiger partial charge in [-0.15, -0.1) is 0 Å². The summed E-state index contributed by atoms with van der Waals surface area (Å²) in [4.78, 5) is 29.1. The van der Waals surface area contributed by atoms with Crippen molar-refractivity contribution in [3.05, 3.63) is 53.2 Å². The van der Waals surface area contributed by atoms with Gasteiger partial charge in [0.05, 0.1) is 43.0 Å². The summed E-state index contributed by atoms with van der Waals surface area (Å²) in [6, 6.07) is 9.20. The maximum atomic E-state index is 12.6. The lowest BCUT2D eigenvalue weighted by Gasteiger charge is -2.20. The van der Waals surface area contributed by atoms with Crippen LogP contribution in [0.2, 0.25) is 0 Å². The van der Waals surface area contributed by atoms with Crippen molar-refractivity contribution in [1.82, 2.24) is 15.6 Å². The van der Waals surface area contributed by atoms with Gasteiger partial charge in [0.1, 0.15) is 0 Å². The maximum Gasteiger partial charge on any atom is 0.237 e. The quantitative estimate of drug-likeness (QED) is 0.238. The average molecular weight is 536 g/mol. The first-order valence-electron chi connectivity index (χ1n) is 13.4. The zero-order valence-corrected chi connectivity index (χ0v) is 22.7. The Morgan fingerprint density at radius 2 is 1.87 bits per heavy atom. The number of primary amides is 1. The number of hydrogen-bond acceptors (Lipinski definition) is 8. The molecule has 0 aliphatic carbocycles. The zero-order chi connectivity index (χ0) is 27.9. The molecule has 0 bridgehead atoms. The highest BCUT2D eigenvalue weighted by Crippen LogP contribution is 2.38. The number of amides is 2. The Kier molecular flexibility index (Phi) is 9.21. The van der Waals surface area contributed by atoms with Crippen LogP contribution in [0.4, 0.5) is 11.4 Å². The van der Waals surface area contributed by atoms with E-state index < -0.39 is 18.1 Å². The third kappa shape index (κ3) is 6.58. The van der Waals surface area contributed by atoms with Crippen LogP contribution in [0.3, 0.4) is 0 Å². The number of carbonyl (C=O) groups excluding carboxylic acids is 2. The average Bonchev–Trinajstić information content (AvgIpc) is 3.35. The third-order valence-electron chi connectivity index (χ3n) is 6.74. The zero-order valence-electron chi connectivity index (χ0n) is 22.7. The molecule has 1 aliphatic rings. The van der Waals surface area contributed by atoms with Gasteiger partial charge >= 0.3 is 0 Å². The predicted molar refractivity (Wildman–Crippen MR) is 150 cm³/mol. The molecule has 4 rings (SSSR count). The van der Waals surface area contributed by atoms with E-state index in [1.165, 1.54) is 0 Å². The van der Waals surface area contributed by atoms with Crippen molar-refractivity contribution in [2.75, 3.05) is 25.1 Å². The molecule has 2 heterocycles. The number of nitrogens with one attached hydrogen (secondary N) is 3. The molecule has 1 aliphatic heterocycles. The van der Waals surface area contributed by atoms with E-state index in [2.05, 4.69) is 27.9 Å². The number of hydrogen-bond donors (Lipinski definition) is 5. The molecule has 10 heteroatoms. The minimum absolute atomic E-state index is 0.0138. The van der Waals surface area contributed by atoms with E-state index in [0.29, 0.717) is 67.4 Å². The van der Waals surface area contributed by atoms with Gasteiger partial charge < -0.3 is 36.3 Å². The van der Waals surface area contributed by atoms with Gasteiger partial charge in [0, 0.05) is 42.0 Å². The number of benzene rings is 2. The smallest absolute Gasteiger partial charge is 0.237 e. The Bertz CT molecular complexity index is 1350. The lowest BCUT2D eigenvalue weighted by molar-refractivity contribution is -0.123. The number of rotatable bonds is 12. The van der Waals surface area contributed by atoms with Gasteiger partial charge in [-0.3, -0.25) is 14.6 Å². The second-order valence-corrected chi connectivity index (χ2v) is 9.47. The molecule has 39 heavy (non-hydrogen) atoms. The predicted octanol–water partition coefficient (Wildman–Crippen LogP) is 2.71. The molecule has 0 spiro atoms. The first kappa shape index (κ1) is 28.1. The number of nitrogens with zero attached hydrogens (tertiary/aromatic N) is 1. The topological polar surface area (TPSA) is 148 Å². The number of aliphatic hydroxyl groups is 1. The normalized spacial score (nSPS) is 16.7. The summed E-state index contributed by atoms with van der Waals surface area (Å²) in [5.74, 6) is 0.590. The van der Waals surface area contributed by atoms with Crippen LogP contribution in [0, 0.1) is 0 Å². The summed E-state index contributed by atoms with van der Waals surface area (Å²) in [5.41, 5.74) is 10.5. The van der Waals surface area contributed by atoms with Crippen molar-refractivity contribution in [1.29, 1.82) is 0 Å². The number of aliphatic hydroxyl groups excluding tert-OH is 1. The lowest BCUT2D eigenvalue weighted by atomic mass is 10.0. The van der Waals surface area contributed by atoms with E-state index in [4.69, 9.17) is 15.2 Å². The molecule has 208 valence electrons. The highest BCUT2D eigenvalue weighted by atomic mass is 16.5. The summed E-state index contributed by atoms with van der Waals surface area (Å²) >= 11 is 0. The van der Waals surface area contributed by atoms with E-state index in [0.717, 1.165) is 22.2 Å². The molecular formula is C29H37N5O5. The molecular weight excluding hydrogens is 498 g/mol. The molecule has 1 fully saturated rings. The molecule has 1 aromatic heterocycles. The summed E-state index contributed by atoms with van der Waals surface area (Å²) in [5, 5.41) is 20.1. The van der Waals surface area contributed by atoms with E-state index in [1.54, 1.807) is 6.20 Å². The maximum absolute atomic E-state index is 12.6. The Labute approximate surface area is 228 Å². The van der Waals surface area contributed by atoms with Gasteiger partial charge in [-0.05, 0) is 49.9 Å². The molecule has 3 aromatic rings. The number of β-amino-alcohol motifs (C(OH)–C–C–N with tert-alkyl or cyclic N) is 1. The minimum atomic E-state index is -0.503. The van der Waals surface area contributed by atoms with Gasteiger partial charge in [0.25, 0.3) is 0 Å². The van der Waals surface area contributed by atoms with Crippen molar-refractivity contribution in [3.8, 4) is 11.5 Å². The first-order valence-corrected chi connectivity index (χ1v) is 13.4. The SMILES string of the molecule is CCOc1cc2ncc(CC(N)=O)c(Nc3cccc(CNC(=O)[C@@H]4C[C@@H](O)CN4)c3CC)c2cc1OCC. The van der Waals surface area contributed by atoms with Gasteiger partial charge in [-0.1, -0.05) is 19.1 Å². The molecule has 6 N–H and O–H groups in total. The number of aromatic nitrogens is 1. The van der Waals surface area contributed by atoms with Crippen molar-refractivity contribution in [3.63, 3.8) is 0 Å². The summed E-state index contributed by atoms with van der Waals surface area (Å²) in [6.07, 6.45) is 2.28. The largest absolute Gasteiger partial charge is 0.490 e. The monoisotopic (exact) mass is 535 g/mol.